The molecule has 0 saturated carbocycles. The van der Waals surface area contributed by atoms with Crippen LogP contribution in [0, 0.1) is 0 Å². The molecule has 3 atom stereocenters. The van der Waals surface area contributed by atoms with E-state index in [2.05, 4.69) is 25.3 Å². The first-order valence-corrected chi connectivity index (χ1v) is 8.84. The highest BCUT2D eigenvalue weighted by atomic mass is 16.5. The Morgan fingerprint density at radius 3 is 2.79 bits per heavy atom. The molecule has 3 aromatic heterocycles. The summed E-state index contributed by atoms with van der Waals surface area (Å²) in [7, 11) is 0. The summed E-state index contributed by atoms with van der Waals surface area (Å²) in [6.45, 7) is -0.244. The molecule has 1 fully saturated rings. The second-order valence-electron chi connectivity index (χ2n) is 6.55. The predicted octanol–water partition coefficient (Wildman–Crippen LogP) is 0.715. The van der Waals surface area contributed by atoms with Gasteiger partial charge in [0.05, 0.1) is 25.2 Å². The van der Waals surface area contributed by atoms with E-state index >= 15 is 0 Å². The van der Waals surface area contributed by atoms with Crippen LogP contribution in [0.2, 0.25) is 0 Å². The average Bonchev–Trinajstić information content (AvgIpc) is 3.46. The largest absolute Gasteiger partial charge is 0.394 e. The minimum absolute atomic E-state index is 0.244. The molecule has 0 radical (unpaired) electrons. The minimum Gasteiger partial charge on any atom is -0.394 e. The van der Waals surface area contributed by atoms with Crippen LogP contribution >= 0.6 is 0 Å². The quantitative estimate of drug-likeness (QED) is 0.531. The van der Waals surface area contributed by atoms with Gasteiger partial charge in [-0.2, -0.15) is 4.68 Å². The number of imidazole rings is 1. The van der Waals surface area contributed by atoms with Gasteiger partial charge in [0.2, 0.25) is 0 Å². The molecule has 1 aliphatic rings. The molecule has 142 valence electrons. The summed E-state index contributed by atoms with van der Waals surface area (Å²) in [6, 6.07) is 9.74. The van der Waals surface area contributed by atoms with Gasteiger partial charge in [-0.15, -0.1) is 5.10 Å². The summed E-state index contributed by atoms with van der Waals surface area (Å²) in [5.41, 5.74) is 2.77. The number of aliphatic hydroxyl groups is 2. The Bertz CT molecular complexity index is 1110. The standard InChI is InChI=1S/C18H17N7O3/c26-8-14-13(27)6-15(28-14)24-10-21-16-17(24)19-9-20-18(16)25-7-12(22-23-25)11-4-2-1-3-5-11/h1-5,7,9-10,13-15,26-27H,6,8H2/t13-,14+,15+/m0/s1. The first kappa shape index (κ1) is 16.9. The number of rotatable bonds is 4. The third-order valence-electron chi connectivity index (χ3n) is 4.81. The Labute approximate surface area is 159 Å². The van der Waals surface area contributed by atoms with E-state index in [1.165, 1.54) is 6.33 Å². The van der Waals surface area contributed by atoms with Crippen LogP contribution in [0.25, 0.3) is 28.2 Å². The van der Waals surface area contributed by atoms with E-state index in [9.17, 15) is 10.2 Å². The molecule has 2 N–H and O–H groups in total. The molecular weight excluding hydrogens is 362 g/mol. The van der Waals surface area contributed by atoms with Gasteiger partial charge in [0, 0.05) is 12.0 Å². The second kappa shape index (κ2) is 6.75. The van der Waals surface area contributed by atoms with Crippen LogP contribution in [0.15, 0.2) is 49.2 Å². The number of hydrogen-bond donors (Lipinski definition) is 2. The van der Waals surface area contributed by atoms with Crippen molar-refractivity contribution in [1.82, 2.24) is 34.5 Å². The van der Waals surface area contributed by atoms with Crippen molar-refractivity contribution >= 4 is 11.2 Å². The van der Waals surface area contributed by atoms with Crippen molar-refractivity contribution in [2.45, 2.75) is 24.9 Å². The molecule has 0 aliphatic carbocycles. The molecule has 10 nitrogen and oxygen atoms in total. The van der Waals surface area contributed by atoms with Crippen molar-refractivity contribution in [1.29, 1.82) is 0 Å². The summed E-state index contributed by atoms with van der Waals surface area (Å²) in [4.78, 5) is 13.1. The second-order valence-corrected chi connectivity index (χ2v) is 6.55. The number of fused-ring (bicyclic) bond motifs is 1. The van der Waals surface area contributed by atoms with Gasteiger partial charge in [-0.3, -0.25) is 4.57 Å². The maximum absolute atomic E-state index is 10.00. The van der Waals surface area contributed by atoms with E-state index in [1.807, 2.05) is 30.3 Å². The van der Waals surface area contributed by atoms with Crippen molar-refractivity contribution in [2.75, 3.05) is 6.61 Å². The number of nitrogens with zero attached hydrogens (tertiary/aromatic N) is 7. The zero-order valence-electron chi connectivity index (χ0n) is 14.7. The van der Waals surface area contributed by atoms with Crippen LogP contribution < -0.4 is 0 Å². The lowest BCUT2D eigenvalue weighted by Gasteiger charge is -2.13. The number of benzene rings is 1. The fourth-order valence-corrected chi connectivity index (χ4v) is 3.38. The normalized spacial score (nSPS) is 22.1. The Kier molecular flexibility index (Phi) is 4.08. The van der Waals surface area contributed by atoms with Gasteiger partial charge >= 0.3 is 0 Å². The van der Waals surface area contributed by atoms with Gasteiger partial charge in [-0.1, -0.05) is 35.5 Å². The molecule has 0 bridgehead atoms. The summed E-state index contributed by atoms with van der Waals surface area (Å²) < 4.78 is 9.00. The number of aliphatic hydroxyl groups excluding tert-OH is 2. The first-order valence-electron chi connectivity index (χ1n) is 8.84. The fourth-order valence-electron chi connectivity index (χ4n) is 3.38. The molecule has 4 heterocycles. The highest BCUT2D eigenvalue weighted by molar-refractivity contribution is 5.78. The Hall–Kier alpha value is -3.21. The van der Waals surface area contributed by atoms with E-state index in [-0.39, 0.29) is 6.61 Å². The van der Waals surface area contributed by atoms with Crippen LogP contribution in [0.3, 0.4) is 0 Å². The summed E-state index contributed by atoms with van der Waals surface area (Å²) in [6.07, 6.45) is 3.33. The van der Waals surface area contributed by atoms with Crippen molar-refractivity contribution in [3.8, 4) is 17.1 Å². The molecule has 1 aromatic carbocycles. The van der Waals surface area contributed by atoms with E-state index in [1.54, 1.807) is 21.8 Å². The Balaban J connectivity index is 1.52. The number of ether oxygens (including phenoxy) is 1. The summed E-state index contributed by atoms with van der Waals surface area (Å²) >= 11 is 0. The zero-order chi connectivity index (χ0) is 19.1. The predicted molar refractivity (Wildman–Crippen MR) is 97.3 cm³/mol. The number of hydrogen-bond acceptors (Lipinski definition) is 8. The van der Waals surface area contributed by atoms with Crippen LogP contribution in [-0.2, 0) is 4.74 Å². The van der Waals surface area contributed by atoms with E-state index in [0.717, 1.165) is 11.3 Å². The van der Waals surface area contributed by atoms with Crippen LogP contribution in [0.1, 0.15) is 12.6 Å². The van der Waals surface area contributed by atoms with Crippen LogP contribution in [0.4, 0.5) is 0 Å². The molecule has 0 spiro atoms. The highest BCUT2D eigenvalue weighted by Gasteiger charge is 2.35. The minimum atomic E-state index is -0.738. The molecule has 28 heavy (non-hydrogen) atoms. The maximum atomic E-state index is 10.00. The lowest BCUT2D eigenvalue weighted by Crippen LogP contribution is -2.24. The number of aromatic nitrogens is 7. The smallest absolute Gasteiger partial charge is 0.186 e. The van der Waals surface area contributed by atoms with Crippen molar-refractivity contribution < 1.29 is 14.9 Å². The van der Waals surface area contributed by atoms with E-state index in [4.69, 9.17) is 4.74 Å². The van der Waals surface area contributed by atoms with Crippen molar-refractivity contribution in [2.24, 2.45) is 0 Å². The van der Waals surface area contributed by atoms with Gasteiger partial charge in [0.1, 0.15) is 24.4 Å². The van der Waals surface area contributed by atoms with Gasteiger partial charge in [0.15, 0.2) is 17.0 Å². The monoisotopic (exact) mass is 379 g/mol. The van der Waals surface area contributed by atoms with Crippen molar-refractivity contribution in [3.63, 3.8) is 0 Å². The first-order chi connectivity index (χ1) is 13.7. The SMILES string of the molecule is OC[C@H]1O[C@@H](n2cnc3c(-n4cc(-c5ccccc5)nn4)ncnc32)C[C@@H]1O. The molecule has 0 amide bonds. The fraction of sp³-hybridized carbons (Fsp3) is 0.278. The molecule has 1 aliphatic heterocycles. The zero-order valence-corrected chi connectivity index (χ0v) is 14.7. The molecule has 1 saturated heterocycles. The topological polar surface area (TPSA) is 124 Å². The Morgan fingerprint density at radius 2 is 2.00 bits per heavy atom. The third kappa shape index (κ3) is 2.74. The molecular formula is C18H17N7O3. The van der Waals surface area contributed by atoms with Crippen LogP contribution in [0.5, 0.6) is 0 Å². The lowest BCUT2D eigenvalue weighted by molar-refractivity contribution is -0.0432. The molecule has 5 rings (SSSR count). The maximum Gasteiger partial charge on any atom is 0.186 e. The van der Waals surface area contributed by atoms with Gasteiger partial charge in [-0.25, -0.2) is 15.0 Å². The summed E-state index contributed by atoms with van der Waals surface area (Å²) in [5.74, 6) is 0.496. The van der Waals surface area contributed by atoms with Crippen molar-refractivity contribution in [3.05, 3.63) is 49.2 Å². The van der Waals surface area contributed by atoms with E-state index < -0.39 is 18.4 Å². The van der Waals surface area contributed by atoms with Gasteiger partial charge < -0.3 is 14.9 Å². The van der Waals surface area contributed by atoms with Gasteiger partial charge in [0.25, 0.3) is 0 Å². The molecule has 4 aromatic rings. The highest BCUT2D eigenvalue weighted by Crippen LogP contribution is 2.31. The average molecular weight is 379 g/mol. The van der Waals surface area contributed by atoms with Crippen LogP contribution in [-0.4, -0.2) is 63.5 Å². The molecule has 0 unspecified atom stereocenters. The lowest BCUT2D eigenvalue weighted by atomic mass is 10.2. The van der Waals surface area contributed by atoms with E-state index in [0.29, 0.717) is 23.4 Å². The summed E-state index contributed by atoms with van der Waals surface area (Å²) in [5, 5.41) is 27.7. The molecule has 10 heteroatoms. The van der Waals surface area contributed by atoms with Gasteiger partial charge in [-0.05, 0) is 0 Å². The third-order valence-corrected chi connectivity index (χ3v) is 4.81. The Morgan fingerprint density at radius 1 is 1.14 bits per heavy atom.